The molecule has 1 saturated heterocycles. The van der Waals surface area contributed by atoms with Crippen LogP contribution in [0.4, 0.5) is 5.13 Å². The van der Waals surface area contributed by atoms with Gasteiger partial charge < -0.3 is 14.5 Å². The summed E-state index contributed by atoms with van der Waals surface area (Å²) in [4.78, 5) is 22.2. The minimum atomic E-state index is 0.169. The van der Waals surface area contributed by atoms with E-state index in [1.54, 1.807) is 18.4 Å². The fourth-order valence-electron chi connectivity index (χ4n) is 4.39. The van der Waals surface area contributed by atoms with Crippen molar-refractivity contribution in [1.82, 2.24) is 19.7 Å². The number of carbonyl (C=O) groups excluding carboxylic acids is 1. The summed E-state index contributed by atoms with van der Waals surface area (Å²) in [5.41, 5.74) is 5.13. The summed E-state index contributed by atoms with van der Waals surface area (Å²) in [6.07, 6.45) is 1.34. The molecule has 0 atom stereocenters. The molecule has 1 fully saturated rings. The van der Waals surface area contributed by atoms with Gasteiger partial charge in [0.2, 0.25) is 5.91 Å². The number of rotatable bonds is 5. The average Bonchev–Trinajstić information content (AvgIpc) is 3.30. The number of thiazole rings is 1. The third kappa shape index (κ3) is 4.50. The van der Waals surface area contributed by atoms with Crippen LogP contribution in [0.25, 0.3) is 16.0 Å². The topological polar surface area (TPSA) is 63.5 Å². The van der Waals surface area contributed by atoms with Crippen LogP contribution in [0.3, 0.4) is 0 Å². The van der Waals surface area contributed by atoms with E-state index >= 15 is 0 Å². The molecule has 1 aliphatic heterocycles. The molecule has 5 rings (SSSR count). The van der Waals surface area contributed by atoms with Crippen molar-refractivity contribution in [2.75, 3.05) is 38.2 Å². The number of nitrogens with zero attached hydrogens (tertiary/aromatic N) is 5. The first-order valence-corrected chi connectivity index (χ1v) is 12.4. The first-order chi connectivity index (χ1) is 16.5. The molecule has 3 heterocycles. The molecule has 8 heteroatoms. The Balaban J connectivity index is 1.30. The van der Waals surface area contributed by atoms with Crippen LogP contribution >= 0.6 is 11.3 Å². The number of ether oxygens (including phenoxy) is 1. The molecule has 2 aromatic heterocycles. The van der Waals surface area contributed by atoms with Crippen LogP contribution in [0, 0.1) is 13.8 Å². The van der Waals surface area contributed by atoms with Gasteiger partial charge in [-0.15, -0.1) is 0 Å². The maximum absolute atomic E-state index is 12.9. The third-order valence-electron chi connectivity index (χ3n) is 6.26. The number of methoxy groups -OCH3 is 1. The van der Waals surface area contributed by atoms with E-state index in [1.807, 2.05) is 46.8 Å². The second kappa shape index (κ2) is 9.46. The second-order valence-electron chi connectivity index (χ2n) is 8.73. The van der Waals surface area contributed by atoms with Crippen molar-refractivity contribution in [2.24, 2.45) is 0 Å². The first kappa shape index (κ1) is 22.4. The third-order valence-corrected chi connectivity index (χ3v) is 7.47. The van der Waals surface area contributed by atoms with Crippen molar-refractivity contribution in [3.8, 4) is 11.4 Å². The Bertz CT molecular complexity index is 1310. The highest BCUT2D eigenvalue weighted by molar-refractivity contribution is 7.22. The van der Waals surface area contributed by atoms with Crippen LogP contribution in [-0.4, -0.2) is 58.9 Å². The molecule has 7 nitrogen and oxygen atoms in total. The van der Waals surface area contributed by atoms with Crippen molar-refractivity contribution < 1.29 is 9.53 Å². The van der Waals surface area contributed by atoms with Gasteiger partial charge in [-0.1, -0.05) is 35.6 Å². The Morgan fingerprint density at radius 1 is 1.06 bits per heavy atom. The van der Waals surface area contributed by atoms with E-state index in [2.05, 4.69) is 30.0 Å². The van der Waals surface area contributed by atoms with Gasteiger partial charge in [-0.2, -0.15) is 10.1 Å². The Morgan fingerprint density at radius 3 is 2.65 bits per heavy atom. The number of aromatic nitrogens is 3. The first-order valence-electron chi connectivity index (χ1n) is 11.6. The number of benzene rings is 2. The predicted octanol–water partition coefficient (Wildman–Crippen LogP) is 4.39. The van der Waals surface area contributed by atoms with Crippen LogP contribution in [0.2, 0.25) is 0 Å². The van der Waals surface area contributed by atoms with E-state index in [4.69, 9.17) is 14.8 Å². The van der Waals surface area contributed by atoms with E-state index in [9.17, 15) is 4.79 Å². The molecule has 0 radical (unpaired) electrons. The summed E-state index contributed by atoms with van der Waals surface area (Å²) in [5.74, 6) is 0.973. The van der Waals surface area contributed by atoms with Crippen LogP contribution in [-0.2, 0) is 11.2 Å². The Hall–Kier alpha value is -3.39. The number of carbonyl (C=O) groups is 1. The molecular formula is C26H29N5O2S. The van der Waals surface area contributed by atoms with Gasteiger partial charge in [-0.3, -0.25) is 4.79 Å². The van der Waals surface area contributed by atoms with Crippen molar-refractivity contribution in [3.05, 3.63) is 65.4 Å². The van der Waals surface area contributed by atoms with Gasteiger partial charge in [-0.25, -0.2) is 4.68 Å². The van der Waals surface area contributed by atoms with Crippen molar-refractivity contribution in [1.29, 1.82) is 0 Å². The minimum Gasteiger partial charge on any atom is -0.497 e. The smallest absolute Gasteiger partial charge is 0.227 e. The Kier molecular flexibility index (Phi) is 6.24. The standard InChI is InChI=1S/C26H29N5O2S/c1-18-6-4-7-21(16-18)31-25-24(19(2)28-31)34-26(27-25)30-13-5-12-29(14-15-30)23(32)17-20-8-10-22(33-3)11-9-20/h4,6-11,16H,5,12-15,17H2,1-3H3. The van der Waals surface area contributed by atoms with Gasteiger partial charge in [0, 0.05) is 26.2 Å². The van der Waals surface area contributed by atoms with E-state index in [1.165, 1.54) is 5.56 Å². The quantitative estimate of drug-likeness (QED) is 0.428. The summed E-state index contributed by atoms with van der Waals surface area (Å²) in [7, 11) is 1.65. The summed E-state index contributed by atoms with van der Waals surface area (Å²) >= 11 is 1.69. The highest BCUT2D eigenvalue weighted by atomic mass is 32.1. The van der Waals surface area contributed by atoms with Gasteiger partial charge in [0.25, 0.3) is 0 Å². The highest BCUT2D eigenvalue weighted by Crippen LogP contribution is 2.33. The SMILES string of the molecule is COc1ccc(CC(=O)N2CCCN(c3nc4c(s3)c(C)nn4-c3cccc(C)c3)CC2)cc1. The summed E-state index contributed by atoms with van der Waals surface area (Å²) in [5, 5.41) is 5.74. The molecule has 0 aliphatic carbocycles. The predicted molar refractivity (Wildman–Crippen MR) is 136 cm³/mol. The number of fused-ring (bicyclic) bond motifs is 1. The van der Waals surface area contributed by atoms with Crippen molar-refractivity contribution in [2.45, 2.75) is 26.7 Å². The van der Waals surface area contributed by atoms with Crippen LogP contribution < -0.4 is 9.64 Å². The molecule has 0 bridgehead atoms. The lowest BCUT2D eigenvalue weighted by atomic mass is 10.1. The maximum Gasteiger partial charge on any atom is 0.227 e. The molecule has 0 unspecified atom stereocenters. The lowest BCUT2D eigenvalue weighted by Crippen LogP contribution is -2.36. The molecule has 1 amide bonds. The normalized spacial score (nSPS) is 14.4. The lowest BCUT2D eigenvalue weighted by molar-refractivity contribution is -0.130. The minimum absolute atomic E-state index is 0.169. The van der Waals surface area contributed by atoms with E-state index in [0.29, 0.717) is 13.0 Å². The van der Waals surface area contributed by atoms with E-state index in [0.717, 1.165) is 64.2 Å². The molecule has 34 heavy (non-hydrogen) atoms. The molecule has 0 spiro atoms. The molecule has 2 aromatic carbocycles. The van der Waals surface area contributed by atoms with Crippen molar-refractivity contribution in [3.63, 3.8) is 0 Å². The van der Waals surface area contributed by atoms with Crippen LogP contribution in [0.15, 0.2) is 48.5 Å². The molecule has 1 aliphatic rings. The maximum atomic E-state index is 12.9. The van der Waals surface area contributed by atoms with Gasteiger partial charge >= 0.3 is 0 Å². The molecular weight excluding hydrogens is 446 g/mol. The van der Waals surface area contributed by atoms with Crippen LogP contribution in [0.5, 0.6) is 5.75 Å². The zero-order valence-electron chi connectivity index (χ0n) is 19.8. The number of anilines is 1. The Labute approximate surface area is 203 Å². The summed E-state index contributed by atoms with van der Waals surface area (Å²) < 4.78 is 8.27. The molecule has 176 valence electrons. The monoisotopic (exact) mass is 475 g/mol. The zero-order valence-corrected chi connectivity index (χ0v) is 20.6. The second-order valence-corrected chi connectivity index (χ2v) is 9.71. The largest absolute Gasteiger partial charge is 0.497 e. The van der Waals surface area contributed by atoms with Gasteiger partial charge in [0.15, 0.2) is 10.8 Å². The average molecular weight is 476 g/mol. The number of aryl methyl sites for hydroxylation is 2. The fraction of sp³-hybridized carbons (Fsp3) is 0.346. The fourth-order valence-corrected chi connectivity index (χ4v) is 5.42. The highest BCUT2D eigenvalue weighted by Gasteiger charge is 2.23. The number of hydrogen-bond donors (Lipinski definition) is 0. The van der Waals surface area contributed by atoms with Gasteiger partial charge in [0.05, 0.1) is 29.6 Å². The molecule has 0 saturated carbocycles. The van der Waals surface area contributed by atoms with E-state index in [-0.39, 0.29) is 5.91 Å². The summed E-state index contributed by atoms with van der Waals surface area (Å²) in [6, 6.07) is 16.1. The Morgan fingerprint density at radius 2 is 1.88 bits per heavy atom. The lowest BCUT2D eigenvalue weighted by Gasteiger charge is -2.22. The molecule has 4 aromatic rings. The van der Waals surface area contributed by atoms with E-state index < -0.39 is 0 Å². The van der Waals surface area contributed by atoms with Gasteiger partial charge in [-0.05, 0) is 55.7 Å². The molecule has 0 N–H and O–H groups in total. The number of hydrogen-bond acceptors (Lipinski definition) is 6. The summed E-state index contributed by atoms with van der Waals surface area (Å²) in [6.45, 7) is 7.27. The van der Waals surface area contributed by atoms with Crippen LogP contribution in [0.1, 0.15) is 23.2 Å². The zero-order chi connectivity index (χ0) is 23.7. The number of amides is 1. The van der Waals surface area contributed by atoms with Gasteiger partial charge in [0.1, 0.15) is 5.75 Å². The van der Waals surface area contributed by atoms with Crippen molar-refractivity contribution >= 4 is 32.7 Å².